The smallest absolute Gasteiger partial charge is 0.230 e. The Balaban J connectivity index is 4.92. The molecule has 0 atom stereocenters. The summed E-state index contributed by atoms with van der Waals surface area (Å²) in [6.07, 6.45) is 9.11. The molecule has 0 fully saturated rings. The van der Waals surface area contributed by atoms with Crippen LogP contribution in [0.2, 0.25) is 0 Å². The van der Waals surface area contributed by atoms with E-state index in [4.69, 9.17) is 0 Å². The summed E-state index contributed by atoms with van der Waals surface area (Å²) in [6.45, 7) is 10.6. The van der Waals surface area contributed by atoms with Crippen LogP contribution in [0.15, 0.2) is 0 Å². The molecular formula is C21H44F2N2. The molecule has 0 aliphatic heterocycles. The standard InChI is InChI=1S/C21H44F2N2/c1-5-9-13-17-24(18-14-10-6-2)21(22,23)25(19-15-11-7-3)20-16-12-8-4/h5-20H2,1-4H3. The van der Waals surface area contributed by atoms with Crippen molar-refractivity contribution in [2.24, 2.45) is 0 Å². The molecule has 0 aromatic rings. The Kier molecular flexibility index (Phi) is 15.8. The van der Waals surface area contributed by atoms with E-state index in [0.29, 0.717) is 26.2 Å². The fraction of sp³-hybridized carbons (Fsp3) is 1.00. The van der Waals surface area contributed by atoms with Gasteiger partial charge in [-0.1, -0.05) is 79.1 Å². The molecule has 0 aromatic heterocycles. The lowest BCUT2D eigenvalue weighted by Crippen LogP contribution is -2.56. The summed E-state index contributed by atoms with van der Waals surface area (Å²) in [6, 6.07) is 0. The van der Waals surface area contributed by atoms with E-state index in [9.17, 15) is 0 Å². The van der Waals surface area contributed by atoms with Crippen LogP contribution in [-0.2, 0) is 0 Å². The van der Waals surface area contributed by atoms with Crippen LogP contribution in [0.4, 0.5) is 8.78 Å². The fourth-order valence-corrected chi connectivity index (χ4v) is 3.17. The van der Waals surface area contributed by atoms with E-state index in [0.717, 1.165) is 77.0 Å². The number of halogens is 2. The molecule has 0 radical (unpaired) electrons. The fourth-order valence-electron chi connectivity index (χ4n) is 3.17. The van der Waals surface area contributed by atoms with Crippen LogP contribution in [0.5, 0.6) is 0 Å². The van der Waals surface area contributed by atoms with Crippen LogP contribution in [0.1, 0.15) is 105 Å². The highest BCUT2D eigenvalue weighted by molar-refractivity contribution is 4.73. The van der Waals surface area contributed by atoms with Crippen molar-refractivity contribution in [3.8, 4) is 0 Å². The normalized spacial score (nSPS) is 12.5. The van der Waals surface area contributed by atoms with Crippen LogP contribution in [-0.4, -0.2) is 42.1 Å². The quantitative estimate of drug-likeness (QED) is 0.149. The van der Waals surface area contributed by atoms with Crippen LogP contribution < -0.4 is 0 Å². The minimum absolute atomic E-state index is 0.516. The SMILES string of the molecule is CCCCCN(CCCCC)C(F)(F)N(CCCCC)CCCCC. The third-order valence-corrected chi connectivity index (χ3v) is 4.89. The van der Waals surface area contributed by atoms with E-state index < -0.39 is 6.17 Å². The van der Waals surface area contributed by atoms with Gasteiger partial charge in [0, 0.05) is 26.2 Å². The minimum Gasteiger partial charge on any atom is -0.230 e. The van der Waals surface area contributed by atoms with Crippen molar-refractivity contribution in [2.75, 3.05) is 26.2 Å². The Morgan fingerprint density at radius 1 is 0.480 bits per heavy atom. The van der Waals surface area contributed by atoms with E-state index in [-0.39, 0.29) is 0 Å². The molecule has 0 amide bonds. The Bertz CT molecular complexity index is 239. The first-order valence-corrected chi connectivity index (χ1v) is 10.9. The van der Waals surface area contributed by atoms with Gasteiger partial charge in [0.1, 0.15) is 0 Å². The third-order valence-electron chi connectivity index (χ3n) is 4.89. The first kappa shape index (κ1) is 24.8. The van der Waals surface area contributed by atoms with Crippen molar-refractivity contribution in [3.05, 3.63) is 0 Å². The van der Waals surface area contributed by atoms with E-state index in [1.54, 1.807) is 0 Å². The topological polar surface area (TPSA) is 6.48 Å². The van der Waals surface area contributed by atoms with Crippen molar-refractivity contribution in [1.29, 1.82) is 0 Å². The molecule has 0 saturated heterocycles. The molecule has 4 heteroatoms. The molecule has 0 N–H and O–H groups in total. The number of rotatable bonds is 18. The van der Waals surface area contributed by atoms with Gasteiger partial charge in [0.25, 0.3) is 0 Å². The Morgan fingerprint density at radius 2 is 0.720 bits per heavy atom. The van der Waals surface area contributed by atoms with Crippen LogP contribution in [0.25, 0.3) is 0 Å². The molecule has 0 spiro atoms. The highest BCUT2D eigenvalue weighted by Crippen LogP contribution is 2.27. The lowest BCUT2D eigenvalue weighted by molar-refractivity contribution is -0.253. The summed E-state index contributed by atoms with van der Waals surface area (Å²) < 4.78 is 30.6. The predicted octanol–water partition coefficient (Wildman–Crippen LogP) is 6.90. The second-order valence-electron chi connectivity index (χ2n) is 7.31. The monoisotopic (exact) mass is 362 g/mol. The molecule has 0 unspecified atom stereocenters. The molecule has 25 heavy (non-hydrogen) atoms. The third kappa shape index (κ3) is 11.2. The van der Waals surface area contributed by atoms with Gasteiger partial charge in [-0.2, -0.15) is 8.78 Å². The molecule has 0 saturated carbocycles. The Morgan fingerprint density at radius 3 is 0.920 bits per heavy atom. The van der Waals surface area contributed by atoms with Gasteiger partial charge in [-0.15, -0.1) is 0 Å². The van der Waals surface area contributed by atoms with Crippen LogP contribution in [0.3, 0.4) is 0 Å². The summed E-state index contributed by atoms with van der Waals surface area (Å²) in [5, 5.41) is 0. The first-order valence-electron chi connectivity index (χ1n) is 10.9. The van der Waals surface area contributed by atoms with E-state index in [2.05, 4.69) is 27.7 Å². The second kappa shape index (κ2) is 16.0. The molecule has 0 heterocycles. The van der Waals surface area contributed by atoms with E-state index >= 15 is 8.78 Å². The summed E-state index contributed by atoms with van der Waals surface area (Å²) in [7, 11) is 0. The molecular weight excluding hydrogens is 318 g/mol. The predicted molar refractivity (Wildman–Crippen MR) is 106 cm³/mol. The summed E-state index contributed by atoms with van der Waals surface area (Å²) in [5.74, 6) is 0. The number of nitrogens with zero attached hydrogens (tertiary/aromatic N) is 2. The average molecular weight is 363 g/mol. The number of hydrogen-bond acceptors (Lipinski definition) is 2. The lowest BCUT2D eigenvalue weighted by Gasteiger charge is -2.39. The summed E-state index contributed by atoms with van der Waals surface area (Å²) in [4.78, 5) is 2.94. The Hall–Kier alpha value is -0.220. The molecule has 0 rings (SSSR count). The number of alkyl halides is 2. The molecule has 0 bridgehead atoms. The highest BCUT2D eigenvalue weighted by Gasteiger charge is 2.42. The maximum Gasteiger partial charge on any atom is 0.369 e. The van der Waals surface area contributed by atoms with Gasteiger partial charge < -0.3 is 0 Å². The highest BCUT2D eigenvalue weighted by atomic mass is 19.3. The van der Waals surface area contributed by atoms with Crippen LogP contribution in [0, 0.1) is 0 Å². The first-order chi connectivity index (χ1) is 12.0. The van der Waals surface area contributed by atoms with Gasteiger partial charge in [-0.3, -0.25) is 0 Å². The minimum atomic E-state index is -2.80. The van der Waals surface area contributed by atoms with Crippen molar-refractivity contribution in [1.82, 2.24) is 9.80 Å². The molecule has 0 aliphatic carbocycles. The lowest BCUT2D eigenvalue weighted by atomic mass is 10.2. The van der Waals surface area contributed by atoms with Gasteiger partial charge >= 0.3 is 6.17 Å². The van der Waals surface area contributed by atoms with E-state index in [1.807, 2.05) is 0 Å². The molecule has 0 aromatic carbocycles. The second-order valence-corrected chi connectivity index (χ2v) is 7.31. The Labute approximate surface area is 156 Å². The van der Waals surface area contributed by atoms with Crippen molar-refractivity contribution < 1.29 is 8.78 Å². The van der Waals surface area contributed by atoms with Gasteiger partial charge in [0.2, 0.25) is 0 Å². The maximum absolute atomic E-state index is 15.3. The average Bonchev–Trinajstić information content (AvgIpc) is 2.59. The maximum atomic E-state index is 15.3. The van der Waals surface area contributed by atoms with Crippen molar-refractivity contribution >= 4 is 0 Å². The zero-order chi connectivity index (χ0) is 19.0. The molecule has 152 valence electrons. The number of hydrogen-bond donors (Lipinski definition) is 0. The van der Waals surface area contributed by atoms with Crippen molar-refractivity contribution in [3.63, 3.8) is 0 Å². The van der Waals surface area contributed by atoms with Crippen LogP contribution >= 0.6 is 0 Å². The van der Waals surface area contributed by atoms with Gasteiger partial charge in [0.05, 0.1) is 0 Å². The molecule has 2 nitrogen and oxygen atoms in total. The summed E-state index contributed by atoms with van der Waals surface area (Å²) >= 11 is 0. The van der Waals surface area contributed by atoms with Gasteiger partial charge in [-0.05, 0) is 25.7 Å². The van der Waals surface area contributed by atoms with Gasteiger partial charge in [-0.25, -0.2) is 9.80 Å². The van der Waals surface area contributed by atoms with Gasteiger partial charge in [0.15, 0.2) is 0 Å². The summed E-state index contributed by atoms with van der Waals surface area (Å²) in [5.41, 5.74) is 0. The molecule has 0 aliphatic rings. The van der Waals surface area contributed by atoms with E-state index in [1.165, 1.54) is 9.80 Å². The zero-order valence-electron chi connectivity index (χ0n) is 17.5. The van der Waals surface area contributed by atoms with Crippen molar-refractivity contribution in [2.45, 2.75) is 111 Å². The number of unbranched alkanes of at least 4 members (excludes halogenated alkanes) is 8. The largest absolute Gasteiger partial charge is 0.369 e. The zero-order valence-corrected chi connectivity index (χ0v) is 17.5.